The third kappa shape index (κ3) is 4.31. The Morgan fingerprint density at radius 2 is 2.11 bits per heavy atom. The van der Waals surface area contributed by atoms with Crippen LogP contribution in [-0.4, -0.2) is 24.4 Å². The van der Waals surface area contributed by atoms with Gasteiger partial charge in [-0.15, -0.1) is 0 Å². The number of aliphatic hydroxyl groups is 1. The predicted octanol–water partition coefficient (Wildman–Crippen LogP) is 2.68. The number of hydrogen-bond acceptors (Lipinski definition) is 3. The van der Waals surface area contributed by atoms with Crippen molar-refractivity contribution >= 4 is 0 Å². The normalized spacial score (nSPS) is 16.1. The van der Waals surface area contributed by atoms with Gasteiger partial charge in [-0.25, -0.2) is 0 Å². The van der Waals surface area contributed by atoms with E-state index >= 15 is 0 Å². The quantitative estimate of drug-likeness (QED) is 0.783. The predicted molar refractivity (Wildman–Crippen MR) is 74.9 cm³/mol. The van der Waals surface area contributed by atoms with E-state index in [-0.39, 0.29) is 12.0 Å². The van der Waals surface area contributed by atoms with Crippen LogP contribution in [0.15, 0.2) is 24.3 Å². The van der Waals surface area contributed by atoms with Gasteiger partial charge in [0.15, 0.2) is 0 Å². The van der Waals surface area contributed by atoms with Crippen molar-refractivity contribution in [1.82, 2.24) is 0 Å². The van der Waals surface area contributed by atoms with Crippen LogP contribution in [0.1, 0.15) is 44.6 Å². The molecule has 0 saturated heterocycles. The molecule has 0 bridgehead atoms. The summed E-state index contributed by atoms with van der Waals surface area (Å²) in [5.74, 6) is 1.13. The molecule has 1 aromatic carbocycles. The molecule has 0 fully saturated rings. The molecule has 3 N–H and O–H groups in total. The molecule has 3 unspecified atom stereocenters. The first-order chi connectivity index (χ1) is 8.58. The second-order valence-corrected chi connectivity index (χ2v) is 4.93. The molecule has 0 spiro atoms. The van der Waals surface area contributed by atoms with Crippen molar-refractivity contribution in [2.45, 2.75) is 51.2 Å². The standard InChI is InChI=1S/C15H25NO2/c1-4-6-14(16)15(17)9-11(2)12-7-5-8-13(10-12)18-3/h5,7-8,10-11,14-15,17H,4,6,9,16H2,1-3H3. The molecule has 0 radical (unpaired) electrons. The lowest BCUT2D eigenvalue weighted by Crippen LogP contribution is -2.35. The van der Waals surface area contributed by atoms with Crippen LogP contribution >= 0.6 is 0 Å². The van der Waals surface area contributed by atoms with Crippen LogP contribution in [0.4, 0.5) is 0 Å². The number of nitrogens with two attached hydrogens (primary N) is 1. The molecular weight excluding hydrogens is 226 g/mol. The first-order valence-corrected chi connectivity index (χ1v) is 6.66. The van der Waals surface area contributed by atoms with Gasteiger partial charge >= 0.3 is 0 Å². The molecule has 0 amide bonds. The number of hydrogen-bond donors (Lipinski definition) is 2. The summed E-state index contributed by atoms with van der Waals surface area (Å²) in [6.07, 6.45) is 2.12. The van der Waals surface area contributed by atoms with Gasteiger partial charge in [0.1, 0.15) is 5.75 Å². The Morgan fingerprint density at radius 1 is 1.39 bits per heavy atom. The molecule has 3 atom stereocenters. The summed E-state index contributed by atoms with van der Waals surface area (Å²) >= 11 is 0. The number of ether oxygens (including phenoxy) is 1. The lowest BCUT2D eigenvalue weighted by atomic mass is 9.91. The number of methoxy groups -OCH3 is 1. The smallest absolute Gasteiger partial charge is 0.119 e. The highest BCUT2D eigenvalue weighted by Crippen LogP contribution is 2.25. The molecule has 18 heavy (non-hydrogen) atoms. The average molecular weight is 251 g/mol. The van der Waals surface area contributed by atoms with Crippen LogP contribution in [0.25, 0.3) is 0 Å². The topological polar surface area (TPSA) is 55.5 Å². The Morgan fingerprint density at radius 3 is 2.72 bits per heavy atom. The highest BCUT2D eigenvalue weighted by Gasteiger charge is 2.18. The van der Waals surface area contributed by atoms with E-state index in [0.29, 0.717) is 6.42 Å². The number of benzene rings is 1. The van der Waals surface area contributed by atoms with Crippen LogP contribution < -0.4 is 10.5 Å². The maximum atomic E-state index is 10.1. The molecule has 1 rings (SSSR count). The van der Waals surface area contributed by atoms with Gasteiger partial charge in [0.25, 0.3) is 0 Å². The molecule has 3 heteroatoms. The molecular formula is C15H25NO2. The molecule has 1 aromatic rings. The van der Waals surface area contributed by atoms with Crippen molar-refractivity contribution in [2.24, 2.45) is 5.73 Å². The lowest BCUT2D eigenvalue weighted by molar-refractivity contribution is 0.124. The van der Waals surface area contributed by atoms with Crippen LogP contribution in [-0.2, 0) is 0 Å². The minimum atomic E-state index is -0.439. The van der Waals surface area contributed by atoms with E-state index in [1.165, 1.54) is 5.56 Å². The van der Waals surface area contributed by atoms with Gasteiger partial charge in [-0.2, -0.15) is 0 Å². The lowest BCUT2D eigenvalue weighted by Gasteiger charge is -2.22. The molecule has 102 valence electrons. The van der Waals surface area contributed by atoms with Crippen molar-refractivity contribution in [2.75, 3.05) is 7.11 Å². The summed E-state index contributed by atoms with van der Waals surface area (Å²) in [7, 11) is 1.66. The van der Waals surface area contributed by atoms with Gasteiger partial charge in [-0.3, -0.25) is 0 Å². The van der Waals surface area contributed by atoms with Crippen molar-refractivity contribution < 1.29 is 9.84 Å². The van der Waals surface area contributed by atoms with E-state index in [0.717, 1.165) is 18.6 Å². The second kappa shape index (κ2) is 7.39. The molecule has 0 aliphatic heterocycles. The fourth-order valence-electron chi connectivity index (χ4n) is 2.15. The van der Waals surface area contributed by atoms with Gasteiger partial charge in [0.2, 0.25) is 0 Å². The van der Waals surface area contributed by atoms with Gasteiger partial charge in [-0.1, -0.05) is 32.4 Å². The number of rotatable bonds is 7. The largest absolute Gasteiger partial charge is 0.497 e. The van der Waals surface area contributed by atoms with E-state index in [4.69, 9.17) is 10.5 Å². The molecule has 0 aliphatic rings. The fourth-order valence-corrected chi connectivity index (χ4v) is 2.15. The minimum absolute atomic E-state index is 0.122. The Hall–Kier alpha value is -1.06. The van der Waals surface area contributed by atoms with Crippen molar-refractivity contribution in [3.05, 3.63) is 29.8 Å². The Balaban J connectivity index is 2.60. The average Bonchev–Trinajstić information content (AvgIpc) is 2.39. The Labute approximate surface area is 110 Å². The molecule has 3 nitrogen and oxygen atoms in total. The van der Waals surface area contributed by atoms with Crippen LogP contribution in [0.3, 0.4) is 0 Å². The summed E-state index contributed by atoms with van der Waals surface area (Å²) < 4.78 is 5.21. The molecule has 0 aliphatic carbocycles. The summed E-state index contributed by atoms with van der Waals surface area (Å²) in [5.41, 5.74) is 7.11. The van der Waals surface area contributed by atoms with E-state index in [2.05, 4.69) is 19.9 Å². The Bertz CT molecular complexity index is 354. The highest BCUT2D eigenvalue weighted by molar-refractivity contribution is 5.30. The van der Waals surface area contributed by atoms with E-state index in [9.17, 15) is 5.11 Å². The molecule has 0 saturated carbocycles. The van der Waals surface area contributed by atoms with Gasteiger partial charge < -0.3 is 15.6 Å². The van der Waals surface area contributed by atoms with Crippen LogP contribution in [0, 0.1) is 0 Å². The zero-order valence-electron chi connectivity index (χ0n) is 11.6. The zero-order chi connectivity index (χ0) is 13.5. The van der Waals surface area contributed by atoms with Crippen molar-refractivity contribution in [3.8, 4) is 5.75 Å². The summed E-state index contributed by atoms with van der Waals surface area (Å²) in [6, 6.07) is 7.86. The molecule has 0 aromatic heterocycles. The van der Waals surface area contributed by atoms with Crippen LogP contribution in [0.5, 0.6) is 5.75 Å². The summed E-state index contributed by atoms with van der Waals surface area (Å²) in [5, 5.41) is 10.1. The minimum Gasteiger partial charge on any atom is -0.497 e. The van der Waals surface area contributed by atoms with Crippen LogP contribution in [0.2, 0.25) is 0 Å². The van der Waals surface area contributed by atoms with Gasteiger partial charge in [0.05, 0.1) is 13.2 Å². The third-order valence-corrected chi connectivity index (χ3v) is 3.37. The van der Waals surface area contributed by atoms with Crippen molar-refractivity contribution in [3.63, 3.8) is 0 Å². The third-order valence-electron chi connectivity index (χ3n) is 3.37. The number of aliphatic hydroxyl groups excluding tert-OH is 1. The van der Waals surface area contributed by atoms with E-state index in [1.807, 2.05) is 18.2 Å². The first kappa shape index (κ1) is 15.0. The van der Waals surface area contributed by atoms with E-state index < -0.39 is 6.10 Å². The second-order valence-electron chi connectivity index (χ2n) is 4.93. The monoisotopic (exact) mass is 251 g/mol. The zero-order valence-corrected chi connectivity index (χ0v) is 11.6. The SMILES string of the molecule is CCCC(N)C(O)CC(C)c1cccc(OC)c1. The van der Waals surface area contributed by atoms with Crippen molar-refractivity contribution in [1.29, 1.82) is 0 Å². The van der Waals surface area contributed by atoms with Gasteiger partial charge in [-0.05, 0) is 36.5 Å². The summed E-state index contributed by atoms with van der Waals surface area (Å²) in [4.78, 5) is 0. The Kier molecular flexibility index (Phi) is 6.16. The maximum Gasteiger partial charge on any atom is 0.119 e. The highest BCUT2D eigenvalue weighted by atomic mass is 16.5. The fraction of sp³-hybridized carbons (Fsp3) is 0.600. The van der Waals surface area contributed by atoms with E-state index in [1.54, 1.807) is 7.11 Å². The van der Waals surface area contributed by atoms with Gasteiger partial charge in [0, 0.05) is 6.04 Å². The first-order valence-electron chi connectivity index (χ1n) is 6.66. The maximum absolute atomic E-state index is 10.1. The molecule has 0 heterocycles. The summed E-state index contributed by atoms with van der Waals surface area (Å²) in [6.45, 7) is 4.19.